The quantitative estimate of drug-likeness (QED) is 0.393. The lowest BCUT2D eigenvalue weighted by molar-refractivity contribution is 0.0549. The highest BCUT2D eigenvalue weighted by Gasteiger charge is 2.25. The van der Waals surface area contributed by atoms with Crippen molar-refractivity contribution >= 4 is 27.6 Å². The smallest absolute Gasteiger partial charge is 0.251 e. The number of nitrogens with one attached hydrogen (secondary N) is 1. The van der Waals surface area contributed by atoms with Crippen molar-refractivity contribution in [1.82, 2.24) is 10.3 Å². The van der Waals surface area contributed by atoms with Crippen molar-refractivity contribution in [2.75, 3.05) is 20.3 Å². The van der Waals surface area contributed by atoms with Crippen LogP contribution >= 0.6 is 0 Å². The average molecular weight is 473 g/mol. The Balaban J connectivity index is 1.50. The zero-order chi connectivity index (χ0) is 24.6. The summed E-state index contributed by atoms with van der Waals surface area (Å²) in [6.45, 7) is 4.45. The number of benzene rings is 3. The molecule has 5 rings (SSSR count). The summed E-state index contributed by atoms with van der Waals surface area (Å²) in [5.41, 5.74) is 1.58. The molecule has 4 aromatic rings. The number of carbonyl (C=O) groups is 1. The highest BCUT2D eigenvalue weighted by Crippen LogP contribution is 2.44. The Kier molecular flexibility index (Phi) is 5.94. The second kappa shape index (κ2) is 9.07. The van der Waals surface area contributed by atoms with E-state index in [4.69, 9.17) is 14.2 Å². The highest BCUT2D eigenvalue weighted by molar-refractivity contribution is 6.07. The number of aliphatic hydroxyl groups is 1. The van der Waals surface area contributed by atoms with E-state index in [2.05, 4.69) is 10.3 Å². The lowest BCUT2D eigenvalue weighted by atomic mass is 10.0. The minimum atomic E-state index is -0.804. The van der Waals surface area contributed by atoms with Gasteiger partial charge in [-0.1, -0.05) is 12.1 Å². The summed E-state index contributed by atoms with van der Waals surface area (Å²) in [5.74, 6) is 2.56. The number of hydrogen-bond acceptors (Lipinski definition) is 6. The molecule has 7 heteroatoms. The van der Waals surface area contributed by atoms with E-state index in [-0.39, 0.29) is 5.91 Å². The van der Waals surface area contributed by atoms with Crippen molar-refractivity contribution in [3.8, 4) is 23.0 Å². The van der Waals surface area contributed by atoms with Crippen LogP contribution in [0.25, 0.3) is 21.7 Å². The van der Waals surface area contributed by atoms with E-state index in [9.17, 15) is 9.90 Å². The molecule has 0 spiro atoms. The molecule has 7 nitrogen and oxygen atoms in total. The fraction of sp³-hybridized carbons (Fsp3) is 0.286. The van der Waals surface area contributed by atoms with Gasteiger partial charge in [0.2, 0.25) is 0 Å². The lowest BCUT2D eigenvalue weighted by Crippen LogP contribution is -2.21. The van der Waals surface area contributed by atoms with E-state index in [0.717, 1.165) is 33.7 Å². The Morgan fingerprint density at radius 1 is 1.17 bits per heavy atom. The van der Waals surface area contributed by atoms with E-state index in [1.165, 1.54) is 0 Å². The van der Waals surface area contributed by atoms with Crippen LogP contribution in [0.15, 0.2) is 54.7 Å². The molecule has 0 saturated carbocycles. The molecule has 1 aliphatic heterocycles. The van der Waals surface area contributed by atoms with Gasteiger partial charge in [-0.2, -0.15) is 0 Å². The summed E-state index contributed by atoms with van der Waals surface area (Å²) in [5, 5.41) is 15.4. The molecule has 0 aliphatic carbocycles. The number of rotatable bonds is 7. The maximum absolute atomic E-state index is 12.2. The van der Waals surface area contributed by atoms with Gasteiger partial charge in [-0.15, -0.1) is 0 Å². The number of hydrogen-bond donors (Lipinski definition) is 2. The summed E-state index contributed by atoms with van der Waals surface area (Å²) in [4.78, 5) is 16.8. The maximum atomic E-state index is 12.2. The number of ether oxygens (including phenoxy) is 3. The van der Waals surface area contributed by atoms with Crippen LogP contribution in [0.3, 0.4) is 0 Å². The third-order valence-electron chi connectivity index (χ3n) is 6.13. The van der Waals surface area contributed by atoms with E-state index in [0.29, 0.717) is 48.2 Å². The van der Waals surface area contributed by atoms with Crippen LogP contribution in [0.5, 0.6) is 23.0 Å². The van der Waals surface area contributed by atoms with E-state index in [1.54, 1.807) is 27.1 Å². The van der Waals surface area contributed by atoms with Crippen LogP contribution in [0, 0.1) is 0 Å². The molecular weight excluding hydrogens is 444 g/mol. The van der Waals surface area contributed by atoms with Crippen LogP contribution in [-0.2, 0) is 6.42 Å². The average Bonchev–Trinajstić information content (AvgIpc) is 3.32. The minimum Gasteiger partial charge on any atom is -0.489 e. The van der Waals surface area contributed by atoms with Gasteiger partial charge in [-0.3, -0.25) is 9.78 Å². The number of carbonyl (C=O) groups excluding carboxylic acids is 1. The van der Waals surface area contributed by atoms with Crippen molar-refractivity contribution < 1.29 is 24.1 Å². The molecule has 0 bridgehead atoms. The Labute approximate surface area is 203 Å². The molecule has 0 saturated heterocycles. The number of aromatic nitrogens is 1. The molecule has 1 aliphatic rings. The standard InChI is InChI=1S/C28H28N2O5/c1-28(2,32)11-14-33-24-16-22-25(21-10-13-34-26(21)24)23(9-12-30-22)35-18-7-8-19-17(15-18)5-4-6-20(19)27(31)29-3/h4-9,12,15-16,32H,10-11,13-14H2,1-3H3,(H,29,31). The normalized spacial score (nSPS) is 12.9. The van der Waals surface area contributed by atoms with Crippen molar-refractivity contribution in [2.24, 2.45) is 0 Å². The first-order chi connectivity index (χ1) is 16.8. The molecule has 0 unspecified atom stereocenters. The first kappa shape index (κ1) is 22.9. The van der Waals surface area contributed by atoms with Crippen LogP contribution in [0.4, 0.5) is 0 Å². The predicted molar refractivity (Wildman–Crippen MR) is 135 cm³/mol. The third kappa shape index (κ3) is 4.59. The van der Waals surface area contributed by atoms with Gasteiger partial charge < -0.3 is 24.6 Å². The Morgan fingerprint density at radius 3 is 2.83 bits per heavy atom. The molecule has 0 radical (unpaired) electrons. The molecular formula is C28H28N2O5. The van der Waals surface area contributed by atoms with Crippen LogP contribution in [0.1, 0.15) is 36.2 Å². The Morgan fingerprint density at radius 2 is 2.03 bits per heavy atom. The van der Waals surface area contributed by atoms with Gasteiger partial charge in [0.25, 0.3) is 5.91 Å². The molecule has 180 valence electrons. The summed E-state index contributed by atoms with van der Waals surface area (Å²) in [7, 11) is 1.62. The second-order valence-corrected chi connectivity index (χ2v) is 9.26. The topological polar surface area (TPSA) is 89.9 Å². The van der Waals surface area contributed by atoms with E-state index in [1.807, 2.05) is 48.5 Å². The van der Waals surface area contributed by atoms with Gasteiger partial charge in [-0.25, -0.2) is 0 Å². The first-order valence-corrected chi connectivity index (χ1v) is 11.7. The largest absolute Gasteiger partial charge is 0.489 e. The van der Waals surface area contributed by atoms with Gasteiger partial charge >= 0.3 is 0 Å². The highest BCUT2D eigenvalue weighted by atomic mass is 16.5. The molecule has 3 aromatic carbocycles. The molecule has 1 amide bonds. The SMILES string of the molecule is CNC(=O)c1cccc2cc(Oc3ccnc4cc(OCCC(C)(C)O)c5c(c34)CCO5)ccc12. The van der Waals surface area contributed by atoms with Gasteiger partial charge in [0, 0.05) is 43.3 Å². The van der Waals surface area contributed by atoms with Crippen LogP contribution in [-0.4, -0.2) is 41.9 Å². The van der Waals surface area contributed by atoms with Crippen molar-refractivity contribution in [2.45, 2.75) is 32.3 Å². The van der Waals surface area contributed by atoms with Crippen molar-refractivity contribution in [3.63, 3.8) is 0 Å². The van der Waals surface area contributed by atoms with Gasteiger partial charge in [0.15, 0.2) is 11.5 Å². The van der Waals surface area contributed by atoms with Gasteiger partial charge in [0.1, 0.15) is 11.5 Å². The Bertz CT molecular complexity index is 1420. The van der Waals surface area contributed by atoms with Crippen LogP contribution < -0.4 is 19.5 Å². The summed E-state index contributed by atoms with van der Waals surface area (Å²) >= 11 is 0. The monoisotopic (exact) mass is 472 g/mol. The summed E-state index contributed by atoms with van der Waals surface area (Å²) in [6.07, 6.45) is 2.94. The minimum absolute atomic E-state index is 0.125. The summed E-state index contributed by atoms with van der Waals surface area (Å²) < 4.78 is 18.2. The number of fused-ring (bicyclic) bond motifs is 4. The second-order valence-electron chi connectivity index (χ2n) is 9.26. The maximum Gasteiger partial charge on any atom is 0.251 e. The molecule has 2 N–H and O–H groups in total. The molecule has 35 heavy (non-hydrogen) atoms. The fourth-order valence-corrected chi connectivity index (χ4v) is 4.36. The molecule has 0 fully saturated rings. The third-order valence-corrected chi connectivity index (χ3v) is 6.13. The van der Waals surface area contributed by atoms with Crippen LogP contribution in [0.2, 0.25) is 0 Å². The fourth-order valence-electron chi connectivity index (χ4n) is 4.36. The first-order valence-electron chi connectivity index (χ1n) is 11.7. The van der Waals surface area contributed by atoms with Crippen molar-refractivity contribution in [3.05, 3.63) is 65.9 Å². The molecule has 1 aromatic heterocycles. The Hall–Kier alpha value is -3.84. The summed E-state index contributed by atoms with van der Waals surface area (Å²) in [6, 6.07) is 15.0. The zero-order valence-electron chi connectivity index (χ0n) is 20.1. The molecule has 0 atom stereocenters. The van der Waals surface area contributed by atoms with Gasteiger partial charge in [0.05, 0.1) is 29.7 Å². The number of nitrogens with zero attached hydrogens (tertiary/aromatic N) is 1. The van der Waals surface area contributed by atoms with Crippen molar-refractivity contribution in [1.29, 1.82) is 0 Å². The lowest BCUT2D eigenvalue weighted by Gasteiger charge is -2.19. The predicted octanol–water partition coefficient (Wildman–Crippen LogP) is 5.01. The van der Waals surface area contributed by atoms with E-state index < -0.39 is 5.60 Å². The van der Waals surface area contributed by atoms with Gasteiger partial charge in [-0.05, 0) is 55.0 Å². The number of amides is 1. The molecule has 2 heterocycles. The zero-order valence-corrected chi connectivity index (χ0v) is 20.1. The van der Waals surface area contributed by atoms with E-state index >= 15 is 0 Å². The number of pyridine rings is 1.